The smallest absolute Gasteiger partial charge is 0.224 e. The summed E-state index contributed by atoms with van der Waals surface area (Å²) in [5, 5.41) is 3.19. The normalized spacial score (nSPS) is 13.9. The second-order valence-corrected chi connectivity index (χ2v) is 5.23. The van der Waals surface area contributed by atoms with Crippen LogP contribution in [0.15, 0.2) is 30.3 Å². The summed E-state index contributed by atoms with van der Waals surface area (Å²) >= 11 is 0. The van der Waals surface area contributed by atoms with E-state index in [1.54, 1.807) is 0 Å². The van der Waals surface area contributed by atoms with Crippen molar-refractivity contribution in [2.45, 2.75) is 58.4 Å². The molecule has 0 aromatic heterocycles. The number of benzene rings is 1. The second kappa shape index (κ2) is 7.20. The number of hydrogen-bond donors (Lipinski definition) is 1. The van der Waals surface area contributed by atoms with Crippen LogP contribution in [0.1, 0.15) is 52.0 Å². The van der Waals surface area contributed by atoms with Crippen LogP contribution >= 0.6 is 0 Å². The molecule has 100 valence electrons. The van der Waals surface area contributed by atoms with Gasteiger partial charge in [0.25, 0.3) is 0 Å². The van der Waals surface area contributed by atoms with Gasteiger partial charge in [-0.2, -0.15) is 0 Å². The third-order valence-corrected chi connectivity index (χ3v) is 3.51. The van der Waals surface area contributed by atoms with Crippen molar-refractivity contribution >= 4 is 5.91 Å². The first kappa shape index (κ1) is 14.7. The first-order valence-corrected chi connectivity index (χ1v) is 6.94. The molecule has 1 amide bonds. The Kier molecular flexibility index (Phi) is 5.90. The number of amides is 1. The molecule has 0 spiro atoms. The van der Waals surface area contributed by atoms with E-state index in [4.69, 9.17) is 0 Å². The molecule has 1 rings (SSSR count). The molecule has 2 nitrogen and oxygen atoms in total. The third-order valence-electron chi connectivity index (χ3n) is 3.51. The molecule has 1 atom stereocenters. The molecule has 0 saturated heterocycles. The number of nitrogens with one attached hydrogen (secondary N) is 1. The van der Waals surface area contributed by atoms with E-state index in [1.165, 1.54) is 6.42 Å². The van der Waals surface area contributed by atoms with Crippen LogP contribution < -0.4 is 5.32 Å². The molecule has 0 aliphatic heterocycles. The Bertz CT molecular complexity index is 361. The average Bonchev–Trinajstić information content (AvgIpc) is 2.37. The Balaban J connectivity index is 2.52. The maximum Gasteiger partial charge on any atom is 0.224 e. The first-order valence-electron chi connectivity index (χ1n) is 6.94. The highest BCUT2D eigenvalue weighted by molar-refractivity contribution is 5.79. The molecular formula is C16H25NO. The lowest BCUT2D eigenvalue weighted by atomic mass is 9.91. The predicted octanol–water partition coefficient (Wildman–Crippen LogP) is 3.70. The highest BCUT2D eigenvalue weighted by Gasteiger charge is 2.23. The number of hydrogen-bond acceptors (Lipinski definition) is 1. The van der Waals surface area contributed by atoms with Gasteiger partial charge in [0.2, 0.25) is 5.91 Å². The van der Waals surface area contributed by atoms with Gasteiger partial charge in [0.15, 0.2) is 0 Å². The monoisotopic (exact) mass is 247 g/mol. The van der Waals surface area contributed by atoms with Gasteiger partial charge in [-0.25, -0.2) is 0 Å². The van der Waals surface area contributed by atoms with Crippen molar-refractivity contribution in [2.75, 3.05) is 0 Å². The summed E-state index contributed by atoms with van der Waals surface area (Å²) in [6, 6.07) is 9.90. The van der Waals surface area contributed by atoms with Gasteiger partial charge in [0.1, 0.15) is 0 Å². The van der Waals surface area contributed by atoms with E-state index in [2.05, 4.69) is 26.1 Å². The van der Waals surface area contributed by atoms with E-state index in [9.17, 15) is 4.79 Å². The fourth-order valence-electron chi connectivity index (χ4n) is 2.06. The van der Waals surface area contributed by atoms with E-state index < -0.39 is 0 Å². The predicted molar refractivity (Wildman–Crippen MR) is 76.5 cm³/mol. The lowest BCUT2D eigenvalue weighted by molar-refractivity contribution is -0.122. The van der Waals surface area contributed by atoms with Crippen LogP contribution in [0.3, 0.4) is 0 Å². The van der Waals surface area contributed by atoms with Crippen molar-refractivity contribution in [2.24, 2.45) is 0 Å². The maximum absolute atomic E-state index is 12.0. The van der Waals surface area contributed by atoms with E-state index in [1.807, 2.05) is 30.3 Å². The summed E-state index contributed by atoms with van der Waals surface area (Å²) in [4.78, 5) is 12.0. The third kappa shape index (κ3) is 4.91. The molecule has 1 unspecified atom stereocenters. The minimum absolute atomic E-state index is 0.0537. The summed E-state index contributed by atoms with van der Waals surface area (Å²) in [6.07, 6.45) is 4.84. The van der Waals surface area contributed by atoms with Crippen LogP contribution in [0.2, 0.25) is 0 Å². The molecule has 0 aliphatic carbocycles. The summed E-state index contributed by atoms with van der Waals surface area (Å²) in [6.45, 7) is 6.46. The molecule has 0 saturated carbocycles. The molecule has 1 aromatic rings. The van der Waals surface area contributed by atoms with Crippen molar-refractivity contribution in [3.63, 3.8) is 0 Å². The Morgan fingerprint density at radius 3 is 2.44 bits per heavy atom. The highest BCUT2D eigenvalue weighted by atomic mass is 16.1. The van der Waals surface area contributed by atoms with E-state index in [0.29, 0.717) is 6.42 Å². The zero-order valence-electron chi connectivity index (χ0n) is 11.8. The zero-order chi connectivity index (χ0) is 13.4. The van der Waals surface area contributed by atoms with Crippen LogP contribution in [-0.4, -0.2) is 11.4 Å². The molecular weight excluding hydrogens is 222 g/mol. The molecule has 1 aromatic carbocycles. The minimum Gasteiger partial charge on any atom is -0.351 e. The molecule has 1 N–H and O–H groups in total. The van der Waals surface area contributed by atoms with E-state index in [-0.39, 0.29) is 11.4 Å². The van der Waals surface area contributed by atoms with Crippen molar-refractivity contribution in [3.8, 4) is 0 Å². The van der Waals surface area contributed by atoms with Crippen LogP contribution in [0.4, 0.5) is 0 Å². The van der Waals surface area contributed by atoms with Crippen molar-refractivity contribution in [1.82, 2.24) is 5.32 Å². The maximum atomic E-state index is 12.0. The zero-order valence-corrected chi connectivity index (χ0v) is 11.8. The van der Waals surface area contributed by atoms with Gasteiger partial charge in [-0.15, -0.1) is 0 Å². The quantitative estimate of drug-likeness (QED) is 0.782. The Hall–Kier alpha value is -1.31. The fourth-order valence-corrected chi connectivity index (χ4v) is 2.06. The van der Waals surface area contributed by atoms with E-state index in [0.717, 1.165) is 24.8 Å². The Morgan fingerprint density at radius 1 is 1.22 bits per heavy atom. The fraction of sp³-hybridized carbons (Fsp3) is 0.562. The summed E-state index contributed by atoms with van der Waals surface area (Å²) < 4.78 is 0. The molecule has 0 bridgehead atoms. The van der Waals surface area contributed by atoms with Gasteiger partial charge in [-0.05, 0) is 25.3 Å². The van der Waals surface area contributed by atoms with Crippen LogP contribution in [0.5, 0.6) is 0 Å². The van der Waals surface area contributed by atoms with Crippen molar-refractivity contribution in [3.05, 3.63) is 35.9 Å². The summed E-state index contributed by atoms with van der Waals surface area (Å²) in [7, 11) is 0. The Labute approximate surface area is 111 Å². The van der Waals surface area contributed by atoms with Crippen molar-refractivity contribution in [1.29, 1.82) is 0 Å². The van der Waals surface area contributed by atoms with Gasteiger partial charge in [0, 0.05) is 5.54 Å². The van der Waals surface area contributed by atoms with Crippen LogP contribution in [-0.2, 0) is 11.2 Å². The SMILES string of the molecule is CCCCC(C)(CC)NC(=O)Cc1ccccc1. The van der Waals surface area contributed by atoms with Gasteiger partial charge in [-0.3, -0.25) is 4.79 Å². The molecule has 0 heterocycles. The first-order chi connectivity index (χ1) is 8.59. The van der Waals surface area contributed by atoms with Gasteiger partial charge in [-0.1, -0.05) is 57.0 Å². The minimum atomic E-state index is -0.0537. The summed E-state index contributed by atoms with van der Waals surface area (Å²) in [5.41, 5.74) is 1.02. The van der Waals surface area contributed by atoms with Gasteiger partial charge >= 0.3 is 0 Å². The molecule has 0 radical (unpaired) electrons. The largest absolute Gasteiger partial charge is 0.351 e. The highest BCUT2D eigenvalue weighted by Crippen LogP contribution is 2.18. The average molecular weight is 247 g/mol. The Morgan fingerprint density at radius 2 is 1.89 bits per heavy atom. The van der Waals surface area contributed by atoms with Crippen LogP contribution in [0, 0.1) is 0 Å². The number of unbranched alkanes of at least 4 members (excludes halogenated alkanes) is 1. The number of carbonyl (C=O) groups is 1. The molecule has 18 heavy (non-hydrogen) atoms. The van der Waals surface area contributed by atoms with E-state index >= 15 is 0 Å². The topological polar surface area (TPSA) is 29.1 Å². The summed E-state index contributed by atoms with van der Waals surface area (Å²) in [5.74, 6) is 0.127. The number of rotatable bonds is 7. The lowest BCUT2D eigenvalue weighted by Crippen LogP contribution is -2.46. The molecule has 0 aliphatic rings. The van der Waals surface area contributed by atoms with Gasteiger partial charge < -0.3 is 5.32 Å². The van der Waals surface area contributed by atoms with Crippen LogP contribution in [0.25, 0.3) is 0 Å². The molecule has 0 fully saturated rings. The molecule has 2 heteroatoms. The second-order valence-electron chi connectivity index (χ2n) is 5.23. The van der Waals surface area contributed by atoms with Gasteiger partial charge in [0.05, 0.1) is 6.42 Å². The van der Waals surface area contributed by atoms with Crippen molar-refractivity contribution < 1.29 is 4.79 Å². The number of carbonyl (C=O) groups excluding carboxylic acids is 1. The standard InChI is InChI=1S/C16H25NO/c1-4-6-12-16(3,5-2)17-15(18)13-14-10-8-7-9-11-14/h7-11H,4-6,12-13H2,1-3H3,(H,17,18). The lowest BCUT2D eigenvalue weighted by Gasteiger charge is -2.29.